The van der Waals surface area contributed by atoms with Crippen LogP contribution in [0, 0.1) is 0 Å². The van der Waals surface area contributed by atoms with Gasteiger partial charge in [-0.3, -0.25) is 0 Å². The molecule has 0 spiro atoms. The Balaban J connectivity index is 2.88. The fourth-order valence-corrected chi connectivity index (χ4v) is 2.03. The Bertz CT molecular complexity index is 391. The van der Waals surface area contributed by atoms with Crippen LogP contribution in [0.4, 0.5) is 18.9 Å². The summed E-state index contributed by atoms with van der Waals surface area (Å²) in [4.78, 5) is 1.25. The molecule has 5 heteroatoms. The zero-order valence-electron chi connectivity index (χ0n) is 11.6. The Labute approximate surface area is 112 Å². The normalized spacial score (nSPS) is 13.4. The predicted molar refractivity (Wildman–Crippen MR) is 72.5 cm³/mol. The fraction of sp³-hybridized carbons (Fsp3) is 0.571. The van der Waals surface area contributed by atoms with Crippen LogP contribution in [0.1, 0.15) is 31.9 Å². The number of alkyl halides is 3. The van der Waals surface area contributed by atoms with Gasteiger partial charge in [-0.25, -0.2) is 0 Å². The zero-order valence-corrected chi connectivity index (χ0v) is 11.6. The van der Waals surface area contributed by atoms with Crippen molar-refractivity contribution in [3.8, 4) is 0 Å². The van der Waals surface area contributed by atoms with E-state index in [9.17, 15) is 13.2 Å². The average molecular weight is 274 g/mol. The van der Waals surface area contributed by atoms with Gasteiger partial charge in [0, 0.05) is 18.8 Å². The van der Waals surface area contributed by atoms with Gasteiger partial charge in [-0.05, 0) is 31.5 Å². The third-order valence-electron chi connectivity index (χ3n) is 2.93. The monoisotopic (exact) mass is 274 g/mol. The van der Waals surface area contributed by atoms with Crippen LogP contribution in [0.5, 0.6) is 0 Å². The average Bonchev–Trinajstić information content (AvgIpc) is 2.34. The highest BCUT2D eigenvalue weighted by Gasteiger charge is 2.30. The summed E-state index contributed by atoms with van der Waals surface area (Å²) in [7, 11) is 1.47. The molecular weight excluding hydrogens is 253 g/mol. The number of benzene rings is 1. The second-order valence-electron chi connectivity index (χ2n) is 4.71. The molecule has 0 aromatic heterocycles. The molecule has 19 heavy (non-hydrogen) atoms. The van der Waals surface area contributed by atoms with E-state index in [2.05, 4.69) is 12.2 Å². The van der Waals surface area contributed by atoms with E-state index in [1.807, 2.05) is 19.1 Å². The van der Waals surface area contributed by atoms with Crippen molar-refractivity contribution in [3.05, 3.63) is 29.8 Å². The number of anilines is 1. The Hall–Kier alpha value is -1.23. The van der Waals surface area contributed by atoms with E-state index < -0.39 is 12.7 Å². The molecule has 0 fully saturated rings. The van der Waals surface area contributed by atoms with E-state index in [4.69, 9.17) is 0 Å². The van der Waals surface area contributed by atoms with Gasteiger partial charge in [0.25, 0.3) is 0 Å². The molecule has 0 aliphatic rings. The maximum absolute atomic E-state index is 12.5. The van der Waals surface area contributed by atoms with E-state index in [-0.39, 0.29) is 6.04 Å². The van der Waals surface area contributed by atoms with Crippen molar-refractivity contribution in [1.29, 1.82) is 0 Å². The number of hydrogen-bond acceptors (Lipinski definition) is 2. The van der Waals surface area contributed by atoms with Crippen molar-refractivity contribution in [3.63, 3.8) is 0 Å². The van der Waals surface area contributed by atoms with E-state index in [0.717, 1.165) is 18.5 Å². The Morgan fingerprint density at radius 3 is 2.47 bits per heavy atom. The van der Waals surface area contributed by atoms with Crippen LogP contribution in [0.15, 0.2) is 24.3 Å². The largest absolute Gasteiger partial charge is 0.405 e. The highest BCUT2D eigenvalue weighted by molar-refractivity contribution is 5.54. The van der Waals surface area contributed by atoms with Crippen LogP contribution < -0.4 is 10.2 Å². The number of nitrogens with zero attached hydrogens (tertiary/aromatic N) is 1. The predicted octanol–water partition coefficient (Wildman–Crippen LogP) is 3.75. The van der Waals surface area contributed by atoms with Crippen LogP contribution in [0.25, 0.3) is 0 Å². The quantitative estimate of drug-likeness (QED) is 0.850. The molecular formula is C14H21F3N2. The Kier molecular flexibility index (Phi) is 5.66. The molecule has 1 aromatic carbocycles. The molecule has 0 bridgehead atoms. The molecule has 108 valence electrons. The highest BCUT2D eigenvalue weighted by atomic mass is 19.4. The summed E-state index contributed by atoms with van der Waals surface area (Å²) < 4.78 is 37.4. The van der Waals surface area contributed by atoms with Gasteiger partial charge in [-0.15, -0.1) is 0 Å². The first-order valence-electron chi connectivity index (χ1n) is 6.45. The molecule has 1 aromatic rings. The minimum absolute atomic E-state index is 0.0341. The third kappa shape index (κ3) is 5.11. The molecule has 0 amide bonds. The number of hydrogen-bond donors (Lipinski definition) is 1. The van der Waals surface area contributed by atoms with Crippen molar-refractivity contribution < 1.29 is 13.2 Å². The van der Waals surface area contributed by atoms with Crippen LogP contribution in [-0.2, 0) is 0 Å². The maximum Gasteiger partial charge on any atom is 0.405 e. The molecule has 1 rings (SSSR count). The van der Waals surface area contributed by atoms with Gasteiger partial charge in [0.1, 0.15) is 6.54 Å². The summed E-state index contributed by atoms with van der Waals surface area (Å²) in [5, 5.41) is 3.30. The van der Waals surface area contributed by atoms with Gasteiger partial charge in [-0.2, -0.15) is 13.2 Å². The molecule has 1 N–H and O–H groups in total. The van der Waals surface area contributed by atoms with Crippen LogP contribution >= 0.6 is 0 Å². The first-order valence-corrected chi connectivity index (χ1v) is 6.45. The second kappa shape index (κ2) is 6.80. The Morgan fingerprint density at radius 1 is 1.26 bits per heavy atom. The lowest BCUT2D eigenvalue weighted by Crippen LogP contribution is -2.32. The maximum atomic E-state index is 12.5. The standard InChI is InChI=1S/C14H21F3N2/c1-4-9-18-11(2)12-7-5-6-8-13(12)19(3)10-14(15,16)17/h5-8,11,18H,4,9-10H2,1-3H3. The van der Waals surface area contributed by atoms with E-state index >= 15 is 0 Å². The summed E-state index contributed by atoms with van der Waals surface area (Å²) in [6, 6.07) is 7.25. The molecule has 0 radical (unpaired) electrons. The molecule has 1 atom stereocenters. The van der Waals surface area contributed by atoms with Crippen LogP contribution in [0.2, 0.25) is 0 Å². The molecule has 0 aliphatic heterocycles. The smallest absolute Gasteiger partial charge is 0.365 e. The lowest BCUT2D eigenvalue weighted by molar-refractivity contribution is -0.119. The summed E-state index contributed by atoms with van der Waals surface area (Å²) in [6.07, 6.45) is -3.20. The molecule has 2 nitrogen and oxygen atoms in total. The first kappa shape index (κ1) is 15.8. The van der Waals surface area contributed by atoms with Crippen molar-refractivity contribution >= 4 is 5.69 Å². The lowest BCUT2D eigenvalue weighted by Gasteiger charge is -2.26. The molecule has 1 unspecified atom stereocenters. The minimum Gasteiger partial charge on any atom is -0.365 e. The van der Waals surface area contributed by atoms with Crippen LogP contribution in [-0.4, -0.2) is 26.3 Å². The number of nitrogens with one attached hydrogen (secondary N) is 1. The fourth-order valence-electron chi connectivity index (χ4n) is 2.03. The van der Waals surface area contributed by atoms with Crippen LogP contribution in [0.3, 0.4) is 0 Å². The Morgan fingerprint density at radius 2 is 1.89 bits per heavy atom. The van der Waals surface area contributed by atoms with Crippen molar-refractivity contribution in [2.45, 2.75) is 32.5 Å². The lowest BCUT2D eigenvalue weighted by atomic mass is 10.1. The SMILES string of the molecule is CCCNC(C)c1ccccc1N(C)CC(F)(F)F. The topological polar surface area (TPSA) is 15.3 Å². The van der Waals surface area contributed by atoms with Crippen molar-refractivity contribution in [2.75, 3.05) is 25.0 Å². The van der Waals surface area contributed by atoms with E-state index in [0.29, 0.717) is 5.69 Å². The number of para-hydroxylation sites is 1. The van der Waals surface area contributed by atoms with Crippen molar-refractivity contribution in [2.24, 2.45) is 0 Å². The van der Waals surface area contributed by atoms with Gasteiger partial charge in [0.2, 0.25) is 0 Å². The van der Waals surface area contributed by atoms with Crippen molar-refractivity contribution in [1.82, 2.24) is 5.32 Å². The number of rotatable bonds is 6. The molecule has 0 saturated carbocycles. The third-order valence-corrected chi connectivity index (χ3v) is 2.93. The first-order chi connectivity index (χ1) is 8.85. The van der Waals surface area contributed by atoms with Gasteiger partial charge in [-0.1, -0.05) is 25.1 Å². The van der Waals surface area contributed by atoms with Gasteiger partial charge < -0.3 is 10.2 Å². The van der Waals surface area contributed by atoms with E-state index in [1.165, 1.54) is 11.9 Å². The summed E-state index contributed by atoms with van der Waals surface area (Å²) in [6.45, 7) is 3.93. The van der Waals surface area contributed by atoms with Gasteiger partial charge in [0.05, 0.1) is 0 Å². The molecule has 0 saturated heterocycles. The van der Waals surface area contributed by atoms with Gasteiger partial charge in [0.15, 0.2) is 0 Å². The number of halogens is 3. The molecule has 0 aliphatic carbocycles. The zero-order chi connectivity index (χ0) is 14.5. The molecule has 0 heterocycles. The summed E-state index contributed by atoms with van der Waals surface area (Å²) >= 11 is 0. The van der Waals surface area contributed by atoms with E-state index in [1.54, 1.807) is 12.1 Å². The summed E-state index contributed by atoms with van der Waals surface area (Å²) in [5.74, 6) is 0. The second-order valence-corrected chi connectivity index (χ2v) is 4.71. The summed E-state index contributed by atoms with van der Waals surface area (Å²) in [5.41, 5.74) is 1.51. The highest BCUT2D eigenvalue weighted by Crippen LogP contribution is 2.28. The minimum atomic E-state index is -4.19. The van der Waals surface area contributed by atoms with Gasteiger partial charge >= 0.3 is 6.18 Å².